The van der Waals surface area contributed by atoms with Crippen LogP contribution in [-0.4, -0.2) is 38.3 Å². The van der Waals surface area contributed by atoms with Gasteiger partial charge in [-0.2, -0.15) is 0 Å². The molecule has 0 saturated carbocycles. The van der Waals surface area contributed by atoms with Crippen molar-refractivity contribution >= 4 is 34.5 Å². The number of thiazole rings is 1. The second kappa shape index (κ2) is 9.03. The lowest BCUT2D eigenvalue weighted by Crippen LogP contribution is -2.12. The maximum atomic E-state index is 13.0. The Morgan fingerprint density at radius 1 is 1.10 bits per heavy atom. The molecule has 0 bridgehead atoms. The molecule has 0 unspecified atom stereocenters. The first-order valence-electron chi connectivity index (χ1n) is 9.60. The zero-order valence-corrected chi connectivity index (χ0v) is 18.9. The Morgan fingerprint density at radius 3 is 2.52 bits per heavy atom. The number of benzene rings is 2. The summed E-state index contributed by atoms with van der Waals surface area (Å²) in [6.07, 6.45) is 0.785. The van der Waals surface area contributed by atoms with E-state index >= 15 is 0 Å². The third kappa shape index (κ3) is 4.40. The predicted octanol–water partition coefficient (Wildman–Crippen LogP) is 5.20. The van der Waals surface area contributed by atoms with Crippen LogP contribution in [0.2, 0.25) is 5.02 Å². The number of carbonyl (C=O) groups excluding carboxylic acids is 1. The van der Waals surface area contributed by atoms with E-state index in [4.69, 9.17) is 30.5 Å². The number of methoxy groups -OCH3 is 2. The van der Waals surface area contributed by atoms with Crippen molar-refractivity contribution in [3.63, 3.8) is 0 Å². The Bertz CT molecular complexity index is 1130. The first-order valence-corrected chi connectivity index (χ1v) is 10.8. The normalized spacial score (nSPS) is 12.8. The highest BCUT2D eigenvalue weighted by molar-refractivity contribution is 7.17. The number of hydrogen-bond donors (Lipinski definition) is 1. The molecule has 9 heteroatoms. The lowest BCUT2D eigenvalue weighted by atomic mass is 10.2. The van der Waals surface area contributed by atoms with Gasteiger partial charge in [-0.15, -0.1) is 11.3 Å². The summed E-state index contributed by atoms with van der Waals surface area (Å²) in [4.78, 5) is 18.0. The van der Waals surface area contributed by atoms with E-state index < -0.39 is 0 Å². The first kappa shape index (κ1) is 21.3. The van der Waals surface area contributed by atoms with E-state index in [1.807, 2.05) is 18.2 Å². The summed E-state index contributed by atoms with van der Waals surface area (Å²) >= 11 is 7.65. The average Bonchev–Trinajstić information content (AvgIpc) is 3.02. The molecule has 0 spiro atoms. The van der Waals surface area contributed by atoms with E-state index in [-0.39, 0.29) is 5.91 Å². The summed E-state index contributed by atoms with van der Waals surface area (Å²) in [6.45, 7) is 2.91. The van der Waals surface area contributed by atoms with Crippen LogP contribution in [-0.2, 0) is 0 Å². The van der Waals surface area contributed by atoms with Crippen LogP contribution in [0.3, 0.4) is 0 Å². The van der Waals surface area contributed by atoms with Gasteiger partial charge in [0.05, 0.1) is 43.8 Å². The number of hydrogen-bond acceptors (Lipinski definition) is 7. The molecule has 4 rings (SSSR count). The molecule has 2 heterocycles. The number of rotatable bonds is 5. The SMILES string of the molecule is COc1ccc(-c2nc(C)c(C(=O)Nc3cc4c(cc3Cl)OCCCO4)s2)cc1OC. The molecule has 0 radical (unpaired) electrons. The first-order chi connectivity index (χ1) is 15.0. The monoisotopic (exact) mass is 460 g/mol. The fourth-order valence-electron chi connectivity index (χ4n) is 3.16. The maximum absolute atomic E-state index is 13.0. The Morgan fingerprint density at radius 2 is 1.81 bits per heavy atom. The largest absolute Gasteiger partial charge is 0.493 e. The molecular formula is C22H21ClN2O5S. The average molecular weight is 461 g/mol. The molecule has 1 N–H and O–H groups in total. The van der Waals surface area contributed by atoms with Crippen molar-refractivity contribution in [3.8, 4) is 33.6 Å². The van der Waals surface area contributed by atoms with E-state index in [1.165, 1.54) is 11.3 Å². The fourth-order valence-corrected chi connectivity index (χ4v) is 4.32. The van der Waals surface area contributed by atoms with Gasteiger partial charge in [-0.25, -0.2) is 4.98 Å². The van der Waals surface area contributed by atoms with Crippen LogP contribution in [0.25, 0.3) is 10.6 Å². The smallest absolute Gasteiger partial charge is 0.267 e. The summed E-state index contributed by atoms with van der Waals surface area (Å²) in [5.41, 5.74) is 1.91. The molecule has 31 heavy (non-hydrogen) atoms. The van der Waals surface area contributed by atoms with Gasteiger partial charge < -0.3 is 24.3 Å². The number of halogens is 1. The number of anilines is 1. The van der Waals surface area contributed by atoms with Crippen molar-refractivity contribution in [1.29, 1.82) is 0 Å². The highest BCUT2D eigenvalue weighted by atomic mass is 35.5. The van der Waals surface area contributed by atoms with Gasteiger partial charge in [0.15, 0.2) is 23.0 Å². The van der Waals surface area contributed by atoms with Crippen LogP contribution >= 0.6 is 22.9 Å². The second-order valence-corrected chi connectivity index (χ2v) is 8.19. The standard InChI is InChI=1S/C22H21ClN2O5S/c1-12-20(31-22(24-12)13-5-6-16(27-2)17(9-13)28-3)21(26)25-15-11-19-18(10-14(15)23)29-7-4-8-30-19/h5-6,9-11H,4,7-8H2,1-3H3,(H,25,26). The van der Waals surface area contributed by atoms with Gasteiger partial charge in [-0.3, -0.25) is 4.79 Å². The molecule has 2 aromatic carbocycles. The third-order valence-electron chi connectivity index (χ3n) is 4.72. The molecule has 1 aromatic heterocycles. The van der Waals surface area contributed by atoms with Crippen molar-refractivity contribution in [2.24, 2.45) is 0 Å². The van der Waals surface area contributed by atoms with Crippen LogP contribution in [0.5, 0.6) is 23.0 Å². The lowest BCUT2D eigenvalue weighted by Gasteiger charge is -2.12. The number of fused-ring (bicyclic) bond motifs is 1. The summed E-state index contributed by atoms with van der Waals surface area (Å²) in [7, 11) is 3.16. The number of nitrogens with one attached hydrogen (secondary N) is 1. The molecule has 1 amide bonds. The van der Waals surface area contributed by atoms with Gasteiger partial charge in [0.1, 0.15) is 9.88 Å². The predicted molar refractivity (Wildman–Crippen MR) is 120 cm³/mol. The fraction of sp³-hybridized carbons (Fsp3) is 0.273. The molecule has 1 aliphatic rings. The van der Waals surface area contributed by atoms with E-state index in [0.29, 0.717) is 62.5 Å². The van der Waals surface area contributed by atoms with Crippen LogP contribution < -0.4 is 24.3 Å². The van der Waals surface area contributed by atoms with E-state index in [0.717, 1.165) is 12.0 Å². The van der Waals surface area contributed by atoms with Gasteiger partial charge in [0, 0.05) is 24.1 Å². The third-order valence-corrected chi connectivity index (χ3v) is 6.24. The Labute approximate surface area is 188 Å². The molecular weight excluding hydrogens is 440 g/mol. The van der Waals surface area contributed by atoms with Crippen LogP contribution in [0.1, 0.15) is 21.8 Å². The molecule has 0 saturated heterocycles. The molecule has 3 aromatic rings. The molecule has 0 atom stereocenters. The topological polar surface area (TPSA) is 78.9 Å². The summed E-state index contributed by atoms with van der Waals surface area (Å²) in [5, 5.41) is 3.94. The van der Waals surface area contributed by atoms with Gasteiger partial charge in [-0.05, 0) is 25.1 Å². The van der Waals surface area contributed by atoms with Crippen LogP contribution in [0.15, 0.2) is 30.3 Å². The minimum absolute atomic E-state index is 0.293. The summed E-state index contributed by atoms with van der Waals surface area (Å²) < 4.78 is 22.0. The minimum atomic E-state index is -0.293. The number of ether oxygens (including phenoxy) is 4. The number of aromatic nitrogens is 1. The highest BCUT2D eigenvalue weighted by Gasteiger charge is 2.20. The number of aryl methyl sites for hydroxylation is 1. The summed E-state index contributed by atoms with van der Waals surface area (Å²) in [6, 6.07) is 8.86. The molecule has 0 fully saturated rings. The van der Waals surface area contributed by atoms with Gasteiger partial charge in [0.2, 0.25) is 0 Å². The van der Waals surface area contributed by atoms with E-state index in [9.17, 15) is 4.79 Å². The van der Waals surface area contributed by atoms with Crippen molar-refractivity contribution < 1.29 is 23.7 Å². The molecule has 0 aliphatic carbocycles. The van der Waals surface area contributed by atoms with Crippen molar-refractivity contribution in [2.45, 2.75) is 13.3 Å². The highest BCUT2D eigenvalue weighted by Crippen LogP contribution is 2.39. The Balaban J connectivity index is 1.59. The quantitative estimate of drug-likeness (QED) is 0.563. The van der Waals surface area contributed by atoms with Gasteiger partial charge in [-0.1, -0.05) is 11.6 Å². The van der Waals surface area contributed by atoms with Crippen molar-refractivity contribution in [3.05, 3.63) is 45.9 Å². The van der Waals surface area contributed by atoms with Gasteiger partial charge >= 0.3 is 0 Å². The molecule has 7 nitrogen and oxygen atoms in total. The Kier molecular flexibility index (Phi) is 6.20. The number of nitrogens with zero attached hydrogens (tertiary/aromatic N) is 1. The maximum Gasteiger partial charge on any atom is 0.267 e. The second-order valence-electron chi connectivity index (χ2n) is 6.79. The zero-order valence-electron chi connectivity index (χ0n) is 17.3. The van der Waals surface area contributed by atoms with E-state index in [1.54, 1.807) is 33.3 Å². The van der Waals surface area contributed by atoms with Gasteiger partial charge in [0.25, 0.3) is 5.91 Å². The van der Waals surface area contributed by atoms with Crippen molar-refractivity contribution in [1.82, 2.24) is 4.98 Å². The summed E-state index contributed by atoms with van der Waals surface area (Å²) in [5.74, 6) is 2.06. The lowest BCUT2D eigenvalue weighted by molar-refractivity contribution is 0.103. The van der Waals surface area contributed by atoms with Crippen LogP contribution in [0.4, 0.5) is 5.69 Å². The minimum Gasteiger partial charge on any atom is -0.493 e. The van der Waals surface area contributed by atoms with Crippen molar-refractivity contribution in [2.75, 3.05) is 32.8 Å². The van der Waals surface area contributed by atoms with E-state index in [2.05, 4.69) is 10.3 Å². The zero-order chi connectivity index (χ0) is 22.0. The molecule has 162 valence electrons. The van der Waals surface area contributed by atoms with Crippen LogP contribution in [0, 0.1) is 6.92 Å². The number of carbonyl (C=O) groups is 1. The Hall–Kier alpha value is -2.97. The number of amides is 1. The molecule has 1 aliphatic heterocycles.